The monoisotopic (exact) mass is 487 g/mol. The number of aliphatic hydroxyl groups is 1. The summed E-state index contributed by atoms with van der Waals surface area (Å²) in [6, 6.07) is 9.76. The third-order valence-corrected chi connectivity index (χ3v) is 5.76. The first-order valence-electron chi connectivity index (χ1n) is 11.1. The summed E-state index contributed by atoms with van der Waals surface area (Å²) in [4.78, 5) is 27.8. The number of benzene rings is 2. The molecule has 1 N–H and O–H groups in total. The van der Waals surface area contributed by atoms with E-state index in [0.717, 1.165) is 5.56 Å². The lowest BCUT2D eigenvalue weighted by atomic mass is 9.94. The number of aryl methyl sites for hydroxylation is 1. The molecular formula is C26H30ClNO6. The average Bonchev–Trinajstić information content (AvgIpc) is 3.03. The normalized spacial score (nSPS) is 17.5. The van der Waals surface area contributed by atoms with E-state index in [1.165, 1.54) is 12.0 Å². The summed E-state index contributed by atoms with van der Waals surface area (Å²) < 4.78 is 16.4. The molecule has 8 heteroatoms. The highest BCUT2D eigenvalue weighted by atomic mass is 35.5. The molecule has 3 rings (SSSR count). The van der Waals surface area contributed by atoms with Gasteiger partial charge in [0.1, 0.15) is 17.3 Å². The molecule has 2 aromatic rings. The fourth-order valence-electron chi connectivity index (χ4n) is 4.12. The quantitative estimate of drug-likeness (QED) is 0.234. The van der Waals surface area contributed by atoms with Crippen molar-refractivity contribution in [3.63, 3.8) is 0 Å². The Kier molecular flexibility index (Phi) is 8.23. The Morgan fingerprint density at radius 2 is 1.91 bits per heavy atom. The van der Waals surface area contributed by atoms with Gasteiger partial charge >= 0.3 is 0 Å². The number of ketones is 1. The molecule has 182 valence electrons. The van der Waals surface area contributed by atoms with Crippen molar-refractivity contribution >= 4 is 29.1 Å². The van der Waals surface area contributed by atoms with Gasteiger partial charge in [0.15, 0.2) is 0 Å². The van der Waals surface area contributed by atoms with E-state index in [2.05, 4.69) is 0 Å². The van der Waals surface area contributed by atoms with Crippen LogP contribution in [0, 0.1) is 6.92 Å². The molecule has 2 aromatic carbocycles. The Bertz CT molecular complexity index is 1110. The van der Waals surface area contributed by atoms with Gasteiger partial charge in [-0.3, -0.25) is 9.59 Å². The van der Waals surface area contributed by atoms with Crippen molar-refractivity contribution in [2.24, 2.45) is 0 Å². The van der Waals surface area contributed by atoms with Gasteiger partial charge in [-0.1, -0.05) is 23.7 Å². The molecule has 1 fully saturated rings. The number of nitrogens with zero attached hydrogens (tertiary/aromatic N) is 1. The second-order valence-electron chi connectivity index (χ2n) is 8.41. The van der Waals surface area contributed by atoms with Crippen LogP contribution in [-0.2, 0) is 14.3 Å². The van der Waals surface area contributed by atoms with E-state index < -0.39 is 17.7 Å². The van der Waals surface area contributed by atoms with Crippen molar-refractivity contribution < 1.29 is 28.9 Å². The first-order valence-corrected chi connectivity index (χ1v) is 11.5. The maximum atomic E-state index is 13.2. The van der Waals surface area contributed by atoms with Gasteiger partial charge in [-0.2, -0.15) is 0 Å². The second-order valence-corrected chi connectivity index (χ2v) is 8.81. The van der Waals surface area contributed by atoms with E-state index in [-0.39, 0.29) is 35.3 Å². The predicted molar refractivity (Wildman–Crippen MR) is 130 cm³/mol. The predicted octanol–water partition coefficient (Wildman–Crippen LogP) is 4.90. The summed E-state index contributed by atoms with van der Waals surface area (Å²) in [6.45, 7) is 6.35. The third kappa shape index (κ3) is 5.21. The minimum atomic E-state index is -0.809. The fourth-order valence-corrected chi connectivity index (χ4v) is 4.47. The van der Waals surface area contributed by atoms with Gasteiger partial charge in [-0.05, 0) is 62.6 Å². The van der Waals surface area contributed by atoms with E-state index in [9.17, 15) is 14.7 Å². The van der Waals surface area contributed by atoms with Crippen molar-refractivity contribution in [3.05, 3.63) is 63.7 Å². The van der Waals surface area contributed by atoms with Crippen LogP contribution in [0.3, 0.4) is 0 Å². The summed E-state index contributed by atoms with van der Waals surface area (Å²) in [5, 5.41) is 11.7. The summed E-state index contributed by atoms with van der Waals surface area (Å²) in [7, 11) is 3.01. The van der Waals surface area contributed by atoms with Crippen LogP contribution in [-0.4, -0.2) is 55.2 Å². The maximum Gasteiger partial charge on any atom is 0.295 e. The first kappa shape index (κ1) is 25.6. The van der Waals surface area contributed by atoms with E-state index in [1.54, 1.807) is 37.4 Å². The van der Waals surface area contributed by atoms with Crippen LogP contribution < -0.4 is 9.47 Å². The molecule has 0 aliphatic carbocycles. The Labute approximate surface area is 204 Å². The number of methoxy groups -OCH3 is 2. The van der Waals surface area contributed by atoms with Gasteiger partial charge in [0.05, 0.1) is 35.4 Å². The molecule has 1 aliphatic heterocycles. The van der Waals surface area contributed by atoms with Crippen molar-refractivity contribution in [1.82, 2.24) is 4.90 Å². The third-order valence-electron chi connectivity index (χ3n) is 5.48. The smallest absolute Gasteiger partial charge is 0.295 e. The van der Waals surface area contributed by atoms with Gasteiger partial charge < -0.3 is 24.2 Å². The van der Waals surface area contributed by atoms with Crippen LogP contribution in [0.15, 0.2) is 42.0 Å². The highest BCUT2D eigenvalue weighted by Gasteiger charge is 2.46. The lowest BCUT2D eigenvalue weighted by Crippen LogP contribution is -2.31. The van der Waals surface area contributed by atoms with Crippen molar-refractivity contribution in [1.29, 1.82) is 0 Å². The van der Waals surface area contributed by atoms with Gasteiger partial charge in [-0.25, -0.2) is 0 Å². The Hall–Kier alpha value is -3.03. The van der Waals surface area contributed by atoms with Gasteiger partial charge in [-0.15, -0.1) is 0 Å². The number of halogens is 1. The number of aliphatic hydroxyl groups excluding tert-OH is 1. The lowest BCUT2D eigenvalue weighted by Gasteiger charge is -2.26. The lowest BCUT2D eigenvalue weighted by molar-refractivity contribution is -0.140. The largest absolute Gasteiger partial charge is 0.507 e. The van der Waals surface area contributed by atoms with Crippen LogP contribution in [0.2, 0.25) is 5.02 Å². The summed E-state index contributed by atoms with van der Waals surface area (Å²) >= 11 is 6.33. The Balaban J connectivity index is 2.22. The zero-order valence-electron chi connectivity index (χ0n) is 20.1. The second kappa shape index (κ2) is 10.9. The highest BCUT2D eigenvalue weighted by molar-refractivity contribution is 6.46. The number of rotatable bonds is 9. The van der Waals surface area contributed by atoms with Crippen LogP contribution in [0.1, 0.15) is 43.0 Å². The Morgan fingerprint density at radius 3 is 2.56 bits per heavy atom. The number of likely N-dealkylation sites (tertiary alicyclic amines) is 1. The minimum Gasteiger partial charge on any atom is -0.507 e. The van der Waals surface area contributed by atoms with Crippen molar-refractivity contribution in [2.45, 2.75) is 39.3 Å². The van der Waals surface area contributed by atoms with Crippen molar-refractivity contribution in [2.75, 3.05) is 27.4 Å². The standard InChI is InChI=1S/C26H30ClNO6/c1-15(2)34-18-9-6-8-17(14-18)22-21(24(30)26(31)28(22)10-7-11-32-4)23(29)19-12-16(3)13-20(27)25(19)33-5/h6,8-9,12-15,22,29H,7,10-11H2,1-5H3/b23-21+. The maximum absolute atomic E-state index is 13.2. The molecule has 1 heterocycles. The summed E-state index contributed by atoms with van der Waals surface area (Å²) in [5.74, 6) is -0.960. The number of amides is 1. The van der Waals surface area contributed by atoms with Crippen LogP contribution in [0.5, 0.6) is 11.5 Å². The molecule has 34 heavy (non-hydrogen) atoms. The van der Waals surface area contributed by atoms with E-state index in [4.69, 9.17) is 25.8 Å². The molecule has 1 amide bonds. The number of hydrogen-bond acceptors (Lipinski definition) is 6. The number of ether oxygens (including phenoxy) is 3. The van der Waals surface area contributed by atoms with Gasteiger partial charge in [0, 0.05) is 20.3 Å². The summed E-state index contributed by atoms with van der Waals surface area (Å²) in [5.41, 5.74) is 1.64. The zero-order valence-corrected chi connectivity index (χ0v) is 20.8. The van der Waals surface area contributed by atoms with Crippen LogP contribution >= 0.6 is 11.6 Å². The fraction of sp³-hybridized carbons (Fsp3) is 0.385. The van der Waals surface area contributed by atoms with E-state index >= 15 is 0 Å². The molecule has 1 unspecified atom stereocenters. The average molecular weight is 488 g/mol. The van der Waals surface area contributed by atoms with Crippen LogP contribution in [0.25, 0.3) is 5.76 Å². The van der Waals surface area contributed by atoms with Crippen LogP contribution in [0.4, 0.5) is 0 Å². The summed E-state index contributed by atoms with van der Waals surface area (Å²) in [6.07, 6.45) is 0.476. The molecule has 0 saturated carbocycles. The molecule has 1 aliphatic rings. The Morgan fingerprint density at radius 1 is 1.18 bits per heavy atom. The van der Waals surface area contributed by atoms with E-state index in [0.29, 0.717) is 29.4 Å². The molecule has 0 aromatic heterocycles. The minimum absolute atomic E-state index is 0.0240. The first-order chi connectivity index (χ1) is 16.2. The van der Waals surface area contributed by atoms with Gasteiger partial charge in [0.25, 0.3) is 11.7 Å². The topological polar surface area (TPSA) is 85.3 Å². The van der Waals surface area contributed by atoms with Gasteiger partial charge in [0.2, 0.25) is 0 Å². The molecule has 7 nitrogen and oxygen atoms in total. The SMILES string of the molecule is COCCCN1C(=O)C(=O)/C(=C(/O)c2cc(C)cc(Cl)c2OC)C1c1cccc(OC(C)C)c1. The molecule has 1 saturated heterocycles. The molecule has 0 bridgehead atoms. The number of carbonyl (C=O) groups excluding carboxylic acids is 2. The molecule has 0 spiro atoms. The molecule has 0 radical (unpaired) electrons. The zero-order chi connectivity index (χ0) is 25.0. The number of carbonyl (C=O) groups is 2. The number of Topliss-reactive ketones (excluding diaryl/α,β-unsaturated/α-hetero) is 1. The molecule has 1 atom stereocenters. The van der Waals surface area contributed by atoms with E-state index in [1.807, 2.05) is 26.8 Å². The highest BCUT2D eigenvalue weighted by Crippen LogP contribution is 2.43. The van der Waals surface area contributed by atoms with Crippen molar-refractivity contribution in [3.8, 4) is 11.5 Å². The molecular weight excluding hydrogens is 458 g/mol. The number of hydrogen-bond donors (Lipinski definition) is 1.